The molecule has 1 aliphatic heterocycles. The average Bonchev–Trinajstić information content (AvgIpc) is 2.60. The van der Waals surface area contributed by atoms with E-state index in [-0.39, 0.29) is 12.6 Å². The van der Waals surface area contributed by atoms with E-state index in [1.807, 2.05) is 4.68 Å². The summed E-state index contributed by atoms with van der Waals surface area (Å²) < 4.78 is 6.73. The first-order valence-corrected chi connectivity index (χ1v) is 4.32. The number of carbonyl (C=O) groups is 1. The molecule has 0 saturated heterocycles. The molecule has 2 rings (SSSR count). The van der Waals surface area contributed by atoms with Gasteiger partial charge in [-0.05, 0) is 12.8 Å². The van der Waals surface area contributed by atoms with Gasteiger partial charge in [0.1, 0.15) is 12.3 Å². The minimum absolute atomic E-state index is 0.255. The standard InChI is InChI=1S/C8H11N3O2/c1-6(12)13-5-7-8-3-2-4-11(8)10-9-7/h2-5H2,1H3. The fraction of sp³-hybridized carbons (Fsp3) is 0.625. The van der Waals surface area contributed by atoms with Gasteiger partial charge in [0.15, 0.2) is 0 Å². The number of aromatic nitrogens is 3. The summed E-state index contributed by atoms with van der Waals surface area (Å²) in [4.78, 5) is 10.6. The van der Waals surface area contributed by atoms with E-state index in [9.17, 15) is 4.79 Å². The second-order valence-corrected chi connectivity index (χ2v) is 3.09. The lowest BCUT2D eigenvalue weighted by Gasteiger charge is -1.98. The van der Waals surface area contributed by atoms with Gasteiger partial charge in [-0.3, -0.25) is 4.79 Å². The second kappa shape index (κ2) is 3.16. The van der Waals surface area contributed by atoms with Crippen LogP contribution in [0, 0.1) is 0 Å². The Hall–Kier alpha value is -1.39. The summed E-state index contributed by atoms with van der Waals surface area (Å²) in [6.07, 6.45) is 2.10. The Balaban J connectivity index is 2.08. The summed E-state index contributed by atoms with van der Waals surface area (Å²) in [6, 6.07) is 0. The summed E-state index contributed by atoms with van der Waals surface area (Å²) >= 11 is 0. The van der Waals surface area contributed by atoms with Crippen molar-refractivity contribution >= 4 is 5.97 Å². The molecule has 0 aliphatic carbocycles. The minimum atomic E-state index is -0.278. The van der Waals surface area contributed by atoms with Gasteiger partial charge in [-0.25, -0.2) is 4.68 Å². The van der Waals surface area contributed by atoms with Crippen molar-refractivity contribution in [3.8, 4) is 0 Å². The molecule has 1 aromatic rings. The van der Waals surface area contributed by atoms with Crippen molar-refractivity contribution in [1.29, 1.82) is 0 Å². The fourth-order valence-corrected chi connectivity index (χ4v) is 1.50. The lowest BCUT2D eigenvalue weighted by atomic mass is 10.2. The number of hydrogen-bond acceptors (Lipinski definition) is 4. The van der Waals surface area contributed by atoms with E-state index in [0.29, 0.717) is 0 Å². The lowest BCUT2D eigenvalue weighted by Crippen LogP contribution is -2.01. The van der Waals surface area contributed by atoms with Crippen LogP contribution in [0.1, 0.15) is 24.7 Å². The molecule has 13 heavy (non-hydrogen) atoms. The number of ether oxygens (including phenoxy) is 1. The number of nitrogens with zero attached hydrogens (tertiary/aromatic N) is 3. The molecule has 0 atom stereocenters. The smallest absolute Gasteiger partial charge is 0.303 e. The molecule has 0 spiro atoms. The van der Waals surface area contributed by atoms with E-state index >= 15 is 0 Å². The molecule has 0 bridgehead atoms. The Bertz CT molecular complexity index is 332. The van der Waals surface area contributed by atoms with E-state index in [2.05, 4.69) is 10.3 Å². The third-order valence-electron chi connectivity index (χ3n) is 2.11. The fourth-order valence-electron chi connectivity index (χ4n) is 1.50. The van der Waals surface area contributed by atoms with Gasteiger partial charge >= 0.3 is 5.97 Å². The Kier molecular flexibility index (Phi) is 2.00. The first kappa shape index (κ1) is 8.22. The molecule has 5 nitrogen and oxygen atoms in total. The molecule has 0 radical (unpaired) electrons. The van der Waals surface area contributed by atoms with Crippen LogP contribution in [0.25, 0.3) is 0 Å². The van der Waals surface area contributed by atoms with Gasteiger partial charge < -0.3 is 4.74 Å². The van der Waals surface area contributed by atoms with Crippen LogP contribution in [-0.2, 0) is 29.1 Å². The highest BCUT2D eigenvalue weighted by molar-refractivity contribution is 5.65. The minimum Gasteiger partial charge on any atom is -0.459 e. The molecular weight excluding hydrogens is 170 g/mol. The Morgan fingerprint density at radius 3 is 3.31 bits per heavy atom. The van der Waals surface area contributed by atoms with Gasteiger partial charge in [-0.15, -0.1) is 5.10 Å². The number of fused-ring (bicyclic) bond motifs is 1. The number of carbonyl (C=O) groups excluding carboxylic acids is 1. The zero-order chi connectivity index (χ0) is 9.26. The van der Waals surface area contributed by atoms with E-state index in [0.717, 1.165) is 30.8 Å². The lowest BCUT2D eigenvalue weighted by molar-refractivity contribution is -0.142. The highest BCUT2D eigenvalue weighted by atomic mass is 16.5. The normalized spacial score (nSPS) is 14.2. The van der Waals surface area contributed by atoms with Gasteiger partial charge in [-0.1, -0.05) is 5.21 Å². The zero-order valence-electron chi connectivity index (χ0n) is 7.49. The zero-order valence-corrected chi connectivity index (χ0v) is 7.49. The van der Waals surface area contributed by atoms with Crippen molar-refractivity contribution < 1.29 is 9.53 Å². The van der Waals surface area contributed by atoms with Crippen LogP contribution in [-0.4, -0.2) is 21.0 Å². The molecular formula is C8H11N3O2. The summed E-state index contributed by atoms with van der Waals surface area (Å²) in [6.45, 7) is 2.58. The number of aryl methyl sites for hydroxylation is 1. The molecule has 1 aromatic heterocycles. The second-order valence-electron chi connectivity index (χ2n) is 3.09. The van der Waals surface area contributed by atoms with Crippen molar-refractivity contribution in [1.82, 2.24) is 15.0 Å². The maximum atomic E-state index is 10.6. The number of esters is 1. The predicted octanol–water partition coefficient (Wildman–Crippen LogP) is 0.287. The molecule has 5 heteroatoms. The van der Waals surface area contributed by atoms with Crippen LogP contribution in [0.4, 0.5) is 0 Å². The molecule has 0 N–H and O–H groups in total. The summed E-state index contributed by atoms with van der Waals surface area (Å²) in [5.74, 6) is -0.278. The Morgan fingerprint density at radius 2 is 2.54 bits per heavy atom. The monoisotopic (exact) mass is 181 g/mol. The van der Waals surface area contributed by atoms with Gasteiger partial charge in [-0.2, -0.15) is 0 Å². The summed E-state index contributed by atoms with van der Waals surface area (Å²) in [5, 5.41) is 7.90. The third kappa shape index (κ3) is 1.54. The van der Waals surface area contributed by atoms with Crippen molar-refractivity contribution in [3.63, 3.8) is 0 Å². The van der Waals surface area contributed by atoms with Crippen molar-refractivity contribution in [2.75, 3.05) is 0 Å². The van der Waals surface area contributed by atoms with Gasteiger partial charge in [0.2, 0.25) is 0 Å². The average molecular weight is 181 g/mol. The first-order valence-electron chi connectivity index (χ1n) is 4.32. The van der Waals surface area contributed by atoms with Crippen LogP contribution < -0.4 is 0 Å². The van der Waals surface area contributed by atoms with Gasteiger partial charge in [0.05, 0.1) is 5.69 Å². The highest BCUT2D eigenvalue weighted by Gasteiger charge is 2.18. The van der Waals surface area contributed by atoms with Gasteiger partial charge in [0, 0.05) is 13.5 Å². The van der Waals surface area contributed by atoms with E-state index < -0.39 is 0 Å². The van der Waals surface area contributed by atoms with Crippen LogP contribution in [0.2, 0.25) is 0 Å². The van der Waals surface area contributed by atoms with Crippen molar-refractivity contribution in [3.05, 3.63) is 11.4 Å². The molecule has 0 fully saturated rings. The van der Waals surface area contributed by atoms with Crippen molar-refractivity contribution in [2.45, 2.75) is 32.9 Å². The molecule has 0 aromatic carbocycles. The van der Waals surface area contributed by atoms with Gasteiger partial charge in [0.25, 0.3) is 0 Å². The van der Waals surface area contributed by atoms with Crippen LogP contribution in [0.5, 0.6) is 0 Å². The predicted molar refractivity (Wildman–Crippen MR) is 43.8 cm³/mol. The summed E-state index contributed by atoms with van der Waals surface area (Å²) in [5.41, 5.74) is 1.91. The topological polar surface area (TPSA) is 57.0 Å². The SMILES string of the molecule is CC(=O)OCc1nnn2c1CCC2. The largest absolute Gasteiger partial charge is 0.459 e. The number of hydrogen-bond donors (Lipinski definition) is 0. The van der Waals surface area contributed by atoms with E-state index in [1.165, 1.54) is 6.92 Å². The first-order chi connectivity index (χ1) is 6.27. The molecule has 0 saturated carbocycles. The molecule has 70 valence electrons. The Labute approximate surface area is 75.7 Å². The molecule has 2 heterocycles. The molecule has 1 aliphatic rings. The third-order valence-corrected chi connectivity index (χ3v) is 2.11. The molecule has 0 unspecified atom stereocenters. The van der Waals surface area contributed by atoms with Crippen LogP contribution in [0.15, 0.2) is 0 Å². The number of rotatable bonds is 2. The van der Waals surface area contributed by atoms with Crippen LogP contribution >= 0.6 is 0 Å². The maximum Gasteiger partial charge on any atom is 0.303 e. The van der Waals surface area contributed by atoms with E-state index in [1.54, 1.807) is 0 Å². The van der Waals surface area contributed by atoms with Crippen LogP contribution in [0.3, 0.4) is 0 Å². The Morgan fingerprint density at radius 1 is 1.69 bits per heavy atom. The quantitative estimate of drug-likeness (QED) is 0.615. The van der Waals surface area contributed by atoms with Crippen molar-refractivity contribution in [2.24, 2.45) is 0 Å². The maximum absolute atomic E-state index is 10.6. The molecule has 0 amide bonds. The van der Waals surface area contributed by atoms with E-state index in [4.69, 9.17) is 4.74 Å². The summed E-state index contributed by atoms with van der Waals surface area (Å²) in [7, 11) is 0. The highest BCUT2D eigenvalue weighted by Crippen LogP contribution is 2.16.